The molecular formula is C15H23ClN2O. The van der Waals surface area contributed by atoms with Crippen molar-refractivity contribution in [3.05, 3.63) is 34.3 Å². The quantitative estimate of drug-likeness (QED) is 0.873. The largest absolute Gasteiger partial charge is 0.372 e. The lowest BCUT2D eigenvalue weighted by Gasteiger charge is -2.32. The minimum atomic E-state index is 0.0926. The minimum absolute atomic E-state index is 0.0926. The van der Waals surface area contributed by atoms with Crippen LogP contribution in [0.4, 0.5) is 0 Å². The maximum Gasteiger partial charge on any atom is 0.0868 e. The Morgan fingerprint density at radius 3 is 3.05 bits per heavy atom. The number of nitrogens with two attached hydrogens (primary N) is 1. The maximum absolute atomic E-state index is 6.14. The van der Waals surface area contributed by atoms with Crippen molar-refractivity contribution < 1.29 is 4.74 Å². The van der Waals surface area contributed by atoms with Crippen molar-refractivity contribution in [1.82, 2.24) is 5.32 Å². The minimum Gasteiger partial charge on any atom is -0.372 e. The standard InChI is InChI=1S/C15H23ClN2O/c1-11-4-5-13(16)9-14(11)15(19-8-6-17)12-3-2-7-18-10-12/h4-5,9,12,15,18H,2-3,6-8,10,17H2,1H3/t12-,15-/m1/s1. The Labute approximate surface area is 120 Å². The number of hydrogen-bond donors (Lipinski definition) is 2. The zero-order valence-electron chi connectivity index (χ0n) is 11.5. The highest BCUT2D eigenvalue weighted by Crippen LogP contribution is 2.33. The lowest BCUT2D eigenvalue weighted by Crippen LogP contribution is -2.35. The Hall–Kier alpha value is -0.610. The van der Waals surface area contributed by atoms with E-state index in [0.717, 1.165) is 18.1 Å². The molecule has 3 N–H and O–H groups in total. The summed E-state index contributed by atoms with van der Waals surface area (Å²) in [6.07, 6.45) is 2.48. The van der Waals surface area contributed by atoms with E-state index in [0.29, 0.717) is 19.1 Å². The van der Waals surface area contributed by atoms with Crippen molar-refractivity contribution in [2.75, 3.05) is 26.2 Å². The number of nitrogens with one attached hydrogen (secondary N) is 1. The van der Waals surface area contributed by atoms with E-state index >= 15 is 0 Å². The number of rotatable bonds is 5. The second kappa shape index (κ2) is 7.25. The van der Waals surface area contributed by atoms with Gasteiger partial charge in [-0.25, -0.2) is 0 Å². The zero-order valence-corrected chi connectivity index (χ0v) is 12.2. The maximum atomic E-state index is 6.14. The molecule has 1 fully saturated rings. The predicted octanol–water partition coefficient (Wildman–Crippen LogP) is 2.66. The van der Waals surface area contributed by atoms with Crippen molar-refractivity contribution in [2.45, 2.75) is 25.9 Å². The first-order valence-corrected chi connectivity index (χ1v) is 7.38. The highest BCUT2D eigenvalue weighted by atomic mass is 35.5. The first kappa shape index (κ1) is 14.8. The van der Waals surface area contributed by atoms with Gasteiger partial charge in [-0.15, -0.1) is 0 Å². The van der Waals surface area contributed by atoms with Crippen molar-refractivity contribution in [3.63, 3.8) is 0 Å². The normalized spacial score (nSPS) is 21.3. The van der Waals surface area contributed by atoms with E-state index in [1.54, 1.807) is 0 Å². The summed E-state index contributed by atoms with van der Waals surface area (Å²) in [5.74, 6) is 0.498. The molecule has 1 saturated heterocycles. The van der Waals surface area contributed by atoms with E-state index < -0.39 is 0 Å². The van der Waals surface area contributed by atoms with E-state index in [4.69, 9.17) is 22.1 Å². The molecule has 0 bridgehead atoms. The molecule has 0 radical (unpaired) electrons. The van der Waals surface area contributed by atoms with Crippen LogP contribution in [0.3, 0.4) is 0 Å². The lowest BCUT2D eigenvalue weighted by molar-refractivity contribution is 0.00683. The highest BCUT2D eigenvalue weighted by molar-refractivity contribution is 6.30. The Balaban J connectivity index is 2.22. The molecule has 1 heterocycles. The van der Waals surface area contributed by atoms with Crippen LogP contribution in [0.1, 0.15) is 30.1 Å². The third-order valence-corrected chi connectivity index (χ3v) is 3.96. The smallest absolute Gasteiger partial charge is 0.0868 e. The number of ether oxygens (including phenoxy) is 1. The van der Waals surface area contributed by atoms with Gasteiger partial charge in [-0.1, -0.05) is 17.7 Å². The number of aryl methyl sites for hydroxylation is 1. The van der Waals surface area contributed by atoms with Crippen LogP contribution in [0.25, 0.3) is 0 Å². The molecule has 106 valence electrons. The Morgan fingerprint density at radius 2 is 2.37 bits per heavy atom. The molecule has 0 aliphatic carbocycles. The van der Waals surface area contributed by atoms with Crippen molar-refractivity contribution in [2.24, 2.45) is 11.7 Å². The summed E-state index contributed by atoms with van der Waals surface area (Å²) in [5.41, 5.74) is 8.02. The van der Waals surface area contributed by atoms with Gasteiger partial charge in [0.05, 0.1) is 12.7 Å². The average Bonchev–Trinajstić information content (AvgIpc) is 2.44. The van der Waals surface area contributed by atoms with Gasteiger partial charge >= 0.3 is 0 Å². The Morgan fingerprint density at radius 1 is 1.53 bits per heavy atom. The van der Waals surface area contributed by atoms with Crippen LogP contribution in [-0.4, -0.2) is 26.2 Å². The van der Waals surface area contributed by atoms with Gasteiger partial charge in [0.2, 0.25) is 0 Å². The van der Waals surface area contributed by atoms with E-state index in [1.165, 1.54) is 24.0 Å². The van der Waals surface area contributed by atoms with Crippen molar-refractivity contribution >= 4 is 11.6 Å². The summed E-state index contributed by atoms with van der Waals surface area (Å²) in [5, 5.41) is 4.22. The van der Waals surface area contributed by atoms with Crippen LogP contribution in [-0.2, 0) is 4.74 Å². The van der Waals surface area contributed by atoms with E-state index in [-0.39, 0.29) is 6.10 Å². The molecule has 19 heavy (non-hydrogen) atoms. The van der Waals surface area contributed by atoms with Crippen LogP contribution in [0.15, 0.2) is 18.2 Å². The first-order valence-electron chi connectivity index (χ1n) is 7.01. The van der Waals surface area contributed by atoms with Gasteiger partial charge in [-0.3, -0.25) is 0 Å². The predicted molar refractivity (Wildman–Crippen MR) is 79.5 cm³/mol. The number of benzene rings is 1. The molecule has 0 amide bonds. The Kier molecular flexibility index (Phi) is 5.64. The topological polar surface area (TPSA) is 47.3 Å². The summed E-state index contributed by atoms with van der Waals surface area (Å²) in [4.78, 5) is 0. The van der Waals surface area contributed by atoms with E-state index in [2.05, 4.69) is 18.3 Å². The van der Waals surface area contributed by atoms with Gasteiger partial charge in [0, 0.05) is 24.0 Å². The van der Waals surface area contributed by atoms with Gasteiger partial charge in [-0.05, 0) is 49.6 Å². The first-order chi connectivity index (χ1) is 9.22. The molecular weight excluding hydrogens is 260 g/mol. The van der Waals surface area contributed by atoms with Crippen LogP contribution < -0.4 is 11.1 Å². The third kappa shape index (κ3) is 3.93. The summed E-state index contributed by atoms with van der Waals surface area (Å²) in [6.45, 7) is 5.36. The summed E-state index contributed by atoms with van der Waals surface area (Å²) in [7, 11) is 0. The monoisotopic (exact) mass is 282 g/mol. The lowest BCUT2D eigenvalue weighted by atomic mass is 9.87. The number of piperidine rings is 1. The van der Waals surface area contributed by atoms with Gasteiger partial charge in [-0.2, -0.15) is 0 Å². The second-order valence-electron chi connectivity index (χ2n) is 5.19. The van der Waals surface area contributed by atoms with Crippen LogP contribution in [0, 0.1) is 12.8 Å². The molecule has 2 rings (SSSR count). The molecule has 0 spiro atoms. The fourth-order valence-corrected chi connectivity index (χ4v) is 2.91. The van der Waals surface area contributed by atoms with Gasteiger partial charge in [0.1, 0.15) is 0 Å². The molecule has 4 heteroatoms. The van der Waals surface area contributed by atoms with Crippen LogP contribution in [0.2, 0.25) is 5.02 Å². The molecule has 2 atom stereocenters. The van der Waals surface area contributed by atoms with Crippen LogP contribution >= 0.6 is 11.6 Å². The third-order valence-electron chi connectivity index (χ3n) is 3.73. The molecule has 3 nitrogen and oxygen atoms in total. The summed E-state index contributed by atoms with van der Waals surface area (Å²) < 4.78 is 6.03. The molecule has 1 aromatic carbocycles. The fourth-order valence-electron chi connectivity index (χ4n) is 2.73. The molecule has 0 unspecified atom stereocenters. The molecule has 1 aliphatic rings. The summed E-state index contributed by atoms with van der Waals surface area (Å²) >= 11 is 6.14. The fraction of sp³-hybridized carbons (Fsp3) is 0.600. The van der Waals surface area contributed by atoms with Gasteiger partial charge in [0.15, 0.2) is 0 Å². The van der Waals surface area contributed by atoms with E-state index in [9.17, 15) is 0 Å². The second-order valence-corrected chi connectivity index (χ2v) is 5.62. The number of halogens is 1. The number of hydrogen-bond acceptors (Lipinski definition) is 3. The van der Waals surface area contributed by atoms with Crippen LogP contribution in [0.5, 0.6) is 0 Å². The molecule has 1 aromatic rings. The Bertz CT molecular complexity index is 405. The van der Waals surface area contributed by atoms with Crippen molar-refractivity contribution in [1.29, 1.82) is 0 Å². The van der Waals surface area contributed by atoms with Crippen molar-refractivity contribution in [3.8, 4) is 0 Å². The molecule has 1 aliphatic heterocycles. The SMILES string of the molecule is Cc1ccc(Cl)cc1[C@H](OCCN)[C@@H]1CCCNC1. The molecule has 0 saturated carbocycles. The summed E-state index contributed by atoms with van der Waals surface area (Å²) in [6, 6.07) is 6.03. The average molecular weight is 283 g/mol. The van der Waals surface area contributed by atoms with E-state index in [1.807, 2.05) is 12.1 Å². The van der Waals surface area contributed by atoms with Gasteiger partial charge in [0.25, 0.3) is 0 Å². The van der Waals surface area contributed by atoms with Gasteiger partial charge < -0.3 is 15.8 Å². The molecule has 0 aromatic heterocycles. The zero-order chi connectivity index (χ0) is 13.7. The highest BCUT2D eigenvalue weighted by Gasteiger charge is 2.26.